The molecule has 0 bridgehead atoms. The van der Waals surface area contributed by atoms with Gasteiger partial charge in [-0.15, -0.1) is 0 Å². The topological polar surface area (TPSA) is 49.3 Å². The van der Waals surface area contributed by atoms with Gasteiger partial charge in [0.2, 0.25) is 11.0 Å². The van der Waals surface area contributed by atoms with E-state index in [1.807, 2.05) is 4.90 Å². The molecule has 1 amide bonds. The Morgan fingerprint density at radius 2 is 2.18 bits per heavy atom. The average molecular weight is 252 g/mol. The van der Waals surface area contributed by atoms with Crippen molar-refractivity contribution in [1.29, 1.82) is 0 Å². The van der Waals surface area contributed by atoms with Crippen LogP contribution in [0.4, 0.5) is 5.13 Å². The van der Waals surface area contributed by atoms with Gasteiger partial charge in [-0.1, -0.05) is 0 Å². The minimum absolute atomic E-state index is 0.336. The van der Waals surface area contributed by atoms with E-state index >= 15 is 0 Å². The lowest BCUT2D eigenvalue weighted by Gasteiger charge is -2.21. The van der Waals surface area contributed by atoms with Gasteiger partial charge in [-0.3, -0.25) is 4.79 Å². The maximum absolute atomic E-state index is 12.0. The van der Waals surface area contributed by atoms with Gasteiger partial charge in [0.1, 0.15) is 6.33 Å². The summed E-state index contributed by atoms with van der Waals surface area (Å²) in [6.07, 6.45) is 4.81. The van der Waals surface area contributed by atoms with Crippen LogP contribution in [-0.4, -0.2) is 46.3 Å². The lowest BCUT2D eigenvalue weighted by molar-refractivity contribution is -0.132. The molecule has 92 valence electrons. The number of carbonyl (C=O) groups excluding carboxylic acids is 1. The minimum atomic E-state index is 0.336. The third-order valence-electron chi connectivity index (χ3n) is 3.35. The van der Waals surface area contributed by atoms with Crippen LogP contribution in [0.1, 0.15) is 19.3 Å². The summed E-state index contributed by atoms with van der Waals surface area (Å²) < 4.78 is 4.03. The molecule has 6 heteroatoms. The van der Waals surface area contributed by atoms with Crippen molar-refractivity contribution in [1.82, 2.24) is 14.3 Å². The molecule has 0 atom stereocenters. The summed E-state index contributed by atoms with van der Waals surface area (Å²) in [5, 5.41) is 0.978. The van der Waals surface area contributed by atoms with Crippen LogP contribution in [0, 0.1) is 5.92 Å². The van der Waals surface area contributed by atoms with E-state index in [1.54, 1.807) is 6.33 Å². The molecule has 1 aromatic rings. The Kier molecular flexibility index (Phi) is 2.96. The van der Waals surface area contributed by atoms with Gasteiger partial charge in [0.05, 0.1) is 0 Å². The third kappa shape index (κ3) is 2.41. The fourth-order valence-electron chi connectivity index (χ4n) is 2.22. The standard InChI is InChI=1S/C11H16N4OS/c16-10(9-2-3-9)14-4-1-5-15(7-6-14)11-12-8-13-17-11/h8-9H,1-7H2. The molecule has 0 unspecified atom stereocenters. The zero-order valence-electron chi connectivity index (χ0n) is 9.71. The molecule has 17 heavy (non-hydrogen) atoms. The van der Waals surface area contributed by atoms with Gasteiger partial charge >= 0.3 is 0 Å². The molecule has 0 N–H and O–H groups in total. The molecule has 0 aromatic carbocycles. The van der Waals surface area contributed by atoms with Crippen LogP contribution in [0.2, 0.25) is 0 Å². The SMILES string of the molecule is O=C(C1CC1)N1CCCN(c2ncns2)CC1. The quantitative estimate of drug-likeness (QED) is 0.787. The van der Waals surface area contributed by atoms with Crippen LogP contribution in [0.3, 0.4) is 0 Å². The molecule has 2 fully saturated rings. The van der Waals surface area contributed by atoms with Gasteiger partial charge in [-0.05, 0) is 19.3 Å². The van der Waals surface area contributed by atoms with E-state index in [1.165, 1.54) is 11.5 Å². The summed E-state index contributed by atoms with van der Waals surface area (Å²) in [5.41, 5.74) is 0. The second-order valence-electron chi connectivity index (χ2n) is 4.66. The van der Waals surface area contributed by atoms with Gasteiger partial charge in [0, 0.05) is 43.6 Å². The first-order valence-corrected chi connectivity index (χ1v) is 6.92. The number of amides is 1. The molecule has 5 nitrogen and oxygen atoms in total. The molecule has 1 saturated carbocycles. The summed E-state index contributed by atoms with van der Waals surface area (Å²) >= 11 is 1.43. The van der Waals surface area contributed by atoms with Crippen molar-refractivity contribution < 1.29 is 4.79 Å². The van der Waals surface area contributed by atoms with Crippen molar-refractivity contribution in [2.45, 2.75) is 19.3 Å². The summed E-state index contributed by atoms with van der Waals surface area (Å²) in [4.78, 5) is 20.5. The number of carbonyl (C=O) groups is 1. The van der Waals surface area contributed by atoms with Crippen LogP contribution in [-0.2, 0) is 4.79 Å². The maximum atomic E-state index is 12.0. The number of anilines is 1. The molecule has 2 heterocycles. The van der Waals surface area contributed by atoms with Gasteiger partial charge < -0.3 is 9.80 Å². The second kappa shape index (κ2) is 4.60. The van der Waals surface area contributed by atoms with E-state index in [-0.39, 0.29) is 0 Å². The summed E-state index contributed by atoms with van der Waals surface area (Å²) in [7, 11) is 0. The zero-order valence-corrected chi connectivity index (χ0v) is 10.5. The second-order valence-corrected chi connectivity index (χ2v) is 5.42. The van der Waals surface area contributed by atoms with Gasteiger partial charge in [-0.2, -0.15) is 4.37 Å². The summed E-state index contributed by atoms with van der Waals surface area (Å²) in [5.74, 6) is 0.701. The molecule has 0 radical (unpaired) electrons. The number of rotatable bonds is 2. The lowest BCUT2D eigenvalue weighted by atomic mass is 10.3. The van der Waals surface area contributed by atoms with E-state index < -0.39 is 0 Å². The molecule has 0 spiro atoms. The molecule has 1 aromatic heterocycles. The van der Waals surface area contributed by atoms with Gasteiger partial charge in [0.15, 0.2) is 0 Å². The van der Waals surface area contributed by atoms with E-state index in [0.717, 1.165) is 50.6 Å². The van der Waals surface area contributed by atoms with E-state index in [4.69, 9.17) is 0 Å². The highest BCUT2D eigenvalue weighted by atomic mass is 32.1. The van der Waals surface area contributed by atoms with Crippen molar-refractivity contribution >= 4 is 22.6 Å². The van der Waals surface area contributed by atoms with Gasteiger partial charge in [-0.25, -0.2) is 4.98 Å². The fourth-order valence-corrected chi connectivity index (χ4v) is 2.81. The Morgan fingerprint density at radius 3 is 2.88 bits per heavy atom. The molecular weight excluding hydrogens is 236 g/mol. The third-order valence-corrected chi connectivity index (χ3v) is 4.08. The van der Waals surface area contributed by atoms with Crippen molar-refractivity contribution in [3.63, 3.8) is 0 Å². The first-order chi connectivity index (χ1) is 8.34. The highest BCUT2D eigenvalue weighted by Gasteiger charge is 2.34. The fraction of sp³-hybridized carbons (Fsp3) is 0.727. The predicted octanol–water partition coefficient (Wildman–Crippen LogP) is 0.987. The Labute approximate surface area is 105 Å². The smallest absolute Gasteiger partial charge is 0.225 e. The Balaban J connectivity index is 1.61. The van der Waals surface area contributed by atoms with Crippen molar-refractivity contribution in [2.24, 2.45) is 5.92 Å². The van der Waals surface area contributed by atoms with Gasteiger partial charge in [0.25, 0.3) is 0 Å². The minimum Gasteiger partial charge on any atom is -0.345 e. The van der Waals surface area contributed by atoms with Crippen LogP contribution >= 0.6 is 11.5 Å². The first-order valence-electron chi connectivity index (χ1n) is 6.15. The molecule has 1 aliphatic carbocycles. The van der Waals surface area contributed by atoms with Crippen LogP contribution < -0.4 is 4.90 Å². The zero-order chi connectivity index (χ0) is 11.7. The summed E-state index contributed by atoms with van der Waals surface area (Å²) in [6.45, 7) is 3.58. The monoisotopic (exact) mass is 252 g/mol. The normalized spacial score (nSPS) is 21.4. The maximum Gasteiger partial charge on any atom is 0.225 e. The molecular formula is C11H16N4OS. The average Bonchev–Trinajstić information content (AvgIpc) is 3.11. The predicted molar refractivity (Wildman–Crippen MR) is 66.0 cm³/mol. The van der Waals surface area contributed by atoms with Crippen LogP contribution in [0.15, 0.2) is 6.33 Å². The van der Waals surface area contributed by atoms with Crippen molar-refractivity contribution in [3.8, 4) is 0 Å². The largest absolute Gasteiger partial charge is 0.345 e. The molecule has 1 aliphatic heterocycles. The van der Waals surface area contributed by atoms with Crippen molar-refractivity contribution in [2.75, 3.05) is 31.1 Å². The molecule has 2 aliphatic rings. The number of aromatic nitrogens is 2. The van der Waals surface area contributed by atoms with E-state index in [9.17, 15) is 4.79 Å². The number of hydrogen-bond acceptors (Lipinski definition) is 5. The van der Waals surface area contributed by atoms with Crippen LogP contribution in [0.25, 0.3) is 0 Å². The number of hydrogen-bond donors (Lipinski definition) is 0. The van der Waals surface area contributed by atoms with E-state index in [0.29, 0.717) is 11.8 Å². The molecule has 3 rings (SSSR count). The first kappa shape index (κ1) is 11.0. The highest BCUT2D eigenvalue weighted by molar-refractivity contribution is 7.09. The van der Waals surface area contributed by atoms with Crippen molar-refractivity contribution in [3.05, 3.63) is 6.33 Å². The Bertz CT molecular complexity index is 390. The van der Waals surface area contributed by atoms with E-state index in [2.05, 4.69) is 14.3 Å². The van der Waals surface area contributed by atoms with Crippen LogP contribution in [0.5, 0.6) is 0 Å². The Morgan fingerprint density at radius 1 is 1.29 bits per heavy atom. The Hall–Kier alpha value is -1.17. The lowest BCUT2D eigenvalue weighted by Crippen LogP contribution is -2.36. The molecule has 1 saturated heterocycles. The number of nitrogens with zero attached hydrogens (tertiary/aromatic N) is 4. The highest BCUT2D eigenvalue weighted by Crippen LogP contribution is 2.31. The summed E-state index contributed by atoms with van der Waals surface area (Å²) in [6, 6.07) is 0.